The second kappa shape index (κ2) is 7.12. The molecule has 1 aromatic rings. The zero-order valence-electron chi connectivity index (χ0n) is 13.4. The first-order chi connectivity index (χ1) is 9.54. The molecule has 2 heteroatoms. The van der Waals surface area contributed by atoms with Gasteiger partial charge in [0.05, 0.1) is 0 Å². The second-order valence-corrected chi connectivity index (χ2v) is 7.20. The predicted molar refractivity (Wildman–Crippen MR) is 88.3 cm³/mol. The van der Waals surface area contributed by atoms with Crippen molar-refractivity contribution in [2.45, 2.75) is 53.0 Å². The molecule has 0 bridgehead atoms. The summed E-state index contributed by atoms with van der Waals surface area (Å²) in [6, 6.07) is 9.11. The number of benzene rings is 1. The minimum atomic E-state index is 0.422. The highest BCUT2D eigenvalue weighted by Gasteiger charge is 2.11. The van der Waals surface area contributed by atoms with E-state index in [0.717, 1.165) is 13.1 Å². The monoisotopic (exact) mass is 274 g/mol. The summed E-state index contributed by atoms with van der Waals surface area (Å²) >= 11 is 0. The molecule has 1 saturated heterocycles. The summed E-state index contributed by atoms with van der Waals surface area (Å²) in [4.78, 5) is 2.51. The molecule has 2 nitrogen and oxygen atoms in total. The molecule has 2 rings (SSSR count). The van der Waals surface area contributed by atoms with Gasteiger partial charge in [-0.15, -0.1) is 0 Å². The molecule has 0 unspecified atom stereocenters. The van der Waals surface area contributed by atoms with Gasteiger partial charge in [0, 0.05) is 25.3 Å². The zero-order valence-corrected chi connectivity index (χ0v) is 13.4. The highest BCUT2D eigenvalue weighted by molar-refractivity contribution is 5.47. The van der Waals surface area contributed by atoms with Crippen LogP contribution in [0, 0.1) is 5.41 Å². The van der Waals surface area contributed by atoms with E-state index in [1.807, 2.05) is 0 Å². The van der Waals surface area contributed by atoms with Gasteiger partial charge in [-0.25, -0.2) is 0 Å². The first-order valence-corrected chi connectivity index (χ1v) is 8.09. The second-order valence-electron chi connectivity index (χ2n) is 7.20. The van der Waals surface area contributed by atoms with Crippen LogP contribution in [-0.2, 0) is 6.54 Å². The van der Waals surface area contributed by atoms with Gasteiger partial charge in [-0.1, -0.05) is 32.9 Å². The highest BCUT2D eigenvalue weighted by Crippen LogP contribution is 2.20. The summed E-state index contributed by atoms with van der Waals surface area (Å²) in [6.07, 6.45) is 5.30. The molecule has 0 saturated carbocycles. The Morgan fingerprint density at radius 2 is 1.65 bits per heavy atom. The van der Waals surface area contributed by atoms with Crippen molar-refractivity contribution in [1.29, 1.82) is 0 Å². The van der Waals surface area contributed by atoms with Crippen molar-refractivity contribution in [2.75, 3.05) is 24.5 Å². The molecule has 0 radical (unpaired) electrons. The molecule has 1 fully saturated rings. The number of nitrogens with zero attached hydrogens (tertiary/aromatic N) is 1. The number of piperidine rings is 1. The van der Waals surface area contributed by atoms with Crippen LogP contribution in [0.2, 0.25) is 0 Å². The maximum Gasteiger partial charge on any atom is 0.0366 e. The van der Waals surface area contributed by atoms with Crippen molar-refractivity contribution in [3.63, 3.8) is 0 Å². The predicted octanol–water partition coefficient (Wildman–Crippen LogP) is 4.20. The third-order valence-corrected chi connectivity index (χ3v) is 4.04. The van der Waals surface area contributed by atoms with Gasteiger partial charge in [-0.3, -0.25) is 0 Å². The van der Waals surface area contributed by atoms with Crippen LogP contribution in [-0.4, -0.2) is 19.6 Å². The van der Waals surface area contributed by atoms with Crippen LogP contribution in [0.1, 0.15) is 52.0 Å². The summed E-state index contributed by atoms with van der Waals surface area (Å²) in [5.41, 5.74) is 3.20. The van der Waals surface area contributed by atoms with E-state index in [1.165, 1.54) is 50.0 Å². The van der Waals surface area contributed by atoms with Crippen LogP contribution in [0.25, 0.3) is 0 Å². The molecule has 0 aliphatic carbocycles. The summed E-state index contributed by atoms with van der Waals surface area (Å²) in [5, 5.41) is 3.54. The van der Waals surface area contributed by atoms with E-state index in [1.54, 1.807) is 0 Å². The molecule has 1 heterocycles. The third kappa shape index (κ3) is 5.16. The molecule has 1 aromatic carbocycles. The van der Waals surface area contributed by atoms with Gasteiger partial charge in [0.2, 0.25) is 0 Å². The summed E-state index contributed by atoms with van der Waals surface area (Å²) in [5.74, 6) is 0. The molecule has 1 N–H and O–H groups in total. The normalized spacial score (nSPS) is 16.4. The number of rotatable bonds is 5. The molecule has 0 atom stereocenters. The number of hydrogen-bond acceptors (Lipinski definition) is 2. The fraction of sp³-hybridized carbons (Fsp3) is 0.667. The minimum absolute atomic E-state index is 0.422. The molecule has 1 aliphatic rings. The number of nitrogens with one attached hydrogen (secondary N) is 1. The van der Waals surface area contributed by atoms with Crippen LogP contribution in [0.4, 0.5) is 5.69 Å². The van der Waals surface area contributed by atoms with Crippen molar-refractivity contribution < 1.29 is 0 Å². The topological polar surface area (TPSA) is 15.3 Å². The van der Waals surface area contributed by atoms with E-state index in [-0.39, 0.29) is 0 Å². The number of anilines is 1. The molecular formula is C18H30N2. The number of hydrogen-bond donors (Lipinski definition) is 1. The minimum Gasteiger partial charge on any atom is -0.372 e. The summed E-state index contributed by atoms with van der Waals surface area (Å²) in [7, 11) is 0. The standard InChI is InChI=1S/C18H30N2/c1-18(2,3)11-12-19-15-16-7-9-17(10-8-16)20-13-5-4-6-14-20/h7-10,19H,4-6,11-15H2,1-3H3. The average Bonchev–Trinajstić information content (AvgIpc) is 2.44. The van der Waals surface area contributed by atoms with Crippen molar-refractivity contribution >= 4 is 5.69 Å². The Bertz CT molecular complexity index is 383. The molecule has 0 spiro atoms. The Labute approximate surface area is 124 Å². The smallest absolute Gasteiger partial charge is 0.0366 e. The van der Waals surface area contributed by atoms with Crippen LogP contribution < -0.4 is 10.2 Å². The average molecular weight is 274 g/mol. The van der Waals surface area contributed by atoms with Crippen molar-refractivity contribution in [3.05, 3.63) is 29.8 Å². The molecule has 0 aromatic heterocycles. The van der Waals surface area contributed by atoms with Gasteiger partial charge >= 0.3 is 0 Å². The Hall–Kier alpha value is -1.02. The Morgan fingerprint density at radius 3 is 2.25 bits per heavy atom. The lowest BCUT2D eigenvalue weighted by Crippen LogP contribution is -2.29. The molecular weight excluding hydrogens is 244 g/mol. The maximum absolute atomic E-state index is 3.54. The molecule has 112 valence electrons. The SMILES string of the molecule is CC(C)(C)CCNCc1ccc(N2CCCCC2)cc1. The van der Waals surface area contributed by atoms with E-state index >= 15 is 0 Å². The summed E-state index contributed by atoms with van der Waals surface area (Å²) in [6.45, 7) is 11.4. The van der Waals surface area contributed by atoms with E-state index < -0.39 is 0 Å². The van der Waals surface area contributed by atoms with E-state index in [2.05, 4.69) is 55.3 Å². The van der Waals surface area contributed by atoms with Gasteiger partial charge in [-0.05, 0) is 55.3 Å². The fourth-order valence-electron chi connectivity index (χ4n) is 2.67. The van der Waals surface area contributed by atoms with Crippen LogP contribution in [0.5, 0.6) is 0 Å². The van der Waals surface area contributed by atoms with Gasteiger partial charge in [0.25, 0.3) is 0 Å². The van der Waals surface area contributed by atoms with Gasteiger partial charge in [0.1, 0.15) is 0 Å². The summed E-state index contributed by atoms with van der Waals surface area (Å²) < 4.78 is 0. The largest absolute Gasteiger partial charge is 0.372 e. The quantitative estimate of drug-likeness (QED) is 0.809. The lowest BCUT2D eigenvalue weighted by atomic mass is 9.92. The third-order valence-electron chi connectivity index (χ3n) is 4.04. The highest BCUT2D eigenvalue weighted by atomic mass is 15.1. The van der Waals surface area contributed by atoms with Gasteiger partial charge < -0.3 is 10.2 Å². The van der Waals surface area contributed by atoms with Crippen molar-refractivity contribution in [3.8, 4) is 0 Å². The van der Waals surface area contributed by atoms with E-state index in [0.29, 0.717) is 5.41 Å². The van der Waals surface area contributed by atoms with Crippen molar-refractivity contribution in [2.24, 2.45) is 5.41 Å². The van der Waals surface area contributed by atoms with Gasteiger partial charge in [-0.2, -0.15) is 0 Å². The first-order valence-electron chi connectivity index (χ1n) is 8.09. The zero-order chi connectivity index (χ0) is 14.4. The molecule has 0 amide bonds. The van der Waals surface area contributed by atoms with Crippen LogP contribution in [0.3, 0.4) is 0 Å². The van der Waals surface area contributed by atoms with Gasteiger partial charge in [0.15, 0.2) is 0 Å². The maximum atomic E-state index is 3.54. The van der Waals surface area contributed by atoms with Crippen LogP contribution in [0.15, 0.2) is 24.3 Å². The Morgan fingerprint density at radius 1 is 1.00 bits per heavy atom. The fourth-order valence-corrected chi connectivity index (χ4v) is 2.67. The Kier molecular flexibility index (Phi) is 5.47. The van der Waals surface area contributed by atoms with Crippen molar-refractivity contribution in [1.82, 2.24) is 5.32 Å². The lowest BCUT2D eigenvalue weighted by Gasteiger charge is -2.28. The molecule has 20 heavy (non-hydrogen) atoms. The lowest BCUT2D eigenvalue weighted by molar-refractivity contribution is 0.366. The molecule has 1 aliphatic heterocycles. The first kappa shape index (κ1) is 15.4. The van der Waals surface area contributed by atoms with Crippen LogP contribution >= 0.6 is 0 Å². The van der Waals surface area contributed by atoms with E-state index in [4.69, 9.17) is 0 Å². The van der Waals surface area contributed by atoms with E-state index in [9.17, 15) is 0 Å². The Balaban J connectivity index is 1.76.